The van der Waals surface area contributed by atoms with Crippen molar-refractivity contribution in [2.75, 3.05) is 32.8 Å². The van der Waals surface area contributed by atoms with E-state index >= 15 is 0 Å². The molecule has 176 valence electrons. The fraction of sp³-hybridized carbons (Fsp3) is 0.261. The van der Waals surface area contributed by atoms with Crippen molar-refractivity contribution in [3.8, 4) is 0 Å². The molecule has 1 fully saturated rings. The second-order valence-electron chi connectivity index (χ2n) is 7.52. The Morgan fingerprint density at radius 1 is 1.00 bits per heavy atom. The maximum absolute atomic E-state index is 12.8. The number of piperazine rings is 1. The Morgan fingerprint density at radius 3 is 2.30 bits per heavy atom. The van der Waals surface area contributed by atoms with Crippen molar-refractivity contribution in [1.82, 2.24) is 20.0 Å². The Bertz CT molecular complexity index is 1110. The molecule has 3 aromatic rings. The lowest BCUT2D eigenvalue weighted by atomic mass is 10.1. The molecule has 0 unspecified atom stereocenters. The normalized spacial score (nSPS) is 14.6. The van der Waals surface area contributed by atoms with E-state index in [0.29, 0.717) is 31.7 Å². The van der Waals surface area contributed by atoms with Crippen LogP contribution in [-0.2, 0) is 4.79 Å². The summed E-state index contributed by atoms with van der Waals surface area (Å²) >= 11 is 0. The summed E-state index contributed by atoms with van der Waals surface area (Å²) in [6, 6.07) is 14.5. The Hall–Kier alpha value is -2.91. The number of aromatic amines is 1. The number of fused-ring (bicyclic) bond motifs is 1. The number of carbonyl (C=O) groups is 2. The van der Waals surface area contributed by atoms with Crippen LogP contribution in [0.4, 0.5) is 0 Å². The lowest BCUT2D eigenvalue weighted by Gasteiger charge is -2.35. The molecule has 1 saturated heterocycles. The van der Waals surface area contributed by atoms with Crippen molar-refractivity contribution in [1.29, 1.82) is 0 Å². The molecule has 4 rings (SSSR count). The quantitative estimate of drug-likeness (QED) is 0.505. The standard InChI is InChI=1S/C23H25N5O3.2ClH/c24-19(15-29)23(31)28-13-11-27(12-14-28)22(30)17-8-5-16(6-9-17)7-10-21-18-3-1-2-4-20(18)25-26-21;;/h1-10,19,29H,11-15,24H2,(H,25,26);2*1H/b10-7+;;/t19-;;/m0../s1. The average molecular weight is 492 g/mol. The topological polar surface area (TPSA) is 116 Å². The number of carbonyl (C=O) groups excluding carboxylic acids is 2. The average Bonchev–Trinajstić information content (AvgIpc) is 3.25. The van der Waals surface area contributed by atoms with Crippen molar-refractivity contribution in [3.05, 3.63) is 65.4 Å². The molecule has 1 aromatic heterocycles. The minimum atomic E-state index is -0.901. The van der Waals surface area contributed by atoms with Gasteiger partial charge >= 0.3 is 0 Å². The second-order valence-corrected chi connectivity index (χ2v) is 7.52. The fourth-order valence-corrected chi connectivity index (χ4v) is 3.65. The zero-order valence-electron chi connectivity index (χ0n) is 17.9. The number of aliphatic hydroxyl groups excluding tert-OH is 1. The van der Waals surface area contributed by atoms with Gasteiger partial charge in [-0.05, 0) is 29.8 Å². The number of rotatable bonds is 5. The Balaban J connectivity index is 0.00000193. The van der Waals surface area contributed by atoms with Gasteiger partial charge in [0.1, 0.15) is 6.04 Å². The van der Waals surface area contributed by atoms with Crippen LogP contribution >= 0.6 is 24.8 Å². The highest BCUT2D eigenvalue weighted by Crippen LogP contribution is 2.18. The van der Waals surface area contributed by atoms with Crippen molar-refractivity contribution >= 4 is 59.7 Å². The summed E-state index contributed by atoms with van der Waals surface area (Å²) in [4.78, 5) is 28.2. The summed E-state index contributed by atoms with van der Waals surface area (Å²) in [5, 5.41) is 17.4. The van der Waals surface area contributed by atoms with Gasteiger partial charge in [-0.3, -0.25) is 14.7 Å². The maximum Gasteiger partial charge on any atom is 0.253 e. The molecule has 2 amide bonds. The number of nitrogens with one attached hydrogen (secondary N) is 1. The van der Waals surface area contributed by atoms with Crippen molar-refractivity contribution in [2.45, 2.75) is 6.04 Å². The molecular formula is C23H27Cl2N5O3. The first kappa shape index (κ1) is 26.3. The summed E-state index contributed by atoms with van der Waals surface area (Å²) < 4.78 is 0. The summed E-state index contributed by atoms with van der Waals surface area (Å²) in [6.07, 6.45) is 3.91. The lowest BCUT2D eigenvalue weighted by Crippen LogP contribution is -2.55. The van der Waals surface area contributed by atoms with Gasteiger partial charge in [-0.25, -0.2) is 0 Å². The van der Waals surface area contributed by atoms with Gasteiger partial charge in [0.15, 0.2) is 0 Å². The van der Waals surface area contributed by atoms with Gasteiger partial charge in [0.2, 0.25) is 5.91 Å². The molecule has 2 heterocycles. The predicted octanol–water partition coefficient (Wildman–Crippen LogP) is 2.18. The number of hydrogen-bond donors (Lipinski definition) is 3. The molecule has 0 saturated carbocycles. The second kappa shape index (κ2) is 11.8. The molecule has 4 N–H and O–H groups in total. The molecule has 0 aliphatic carbocycles. The van der Waals surface area contributed by atoms with E-state index in [0.717, 1.165) is 22.2 Å². The Kier molecular flexibility index (Phi) is 9.43. The first-order valence-corrected chi connectivity index (χ1v) is 10.2. The molecule has 1 atom stereocenters. The number of halogens is 2. The molecule has 0 bridgehead atoms. The predicted molar refractivity (Wildman–Crippen MR) is 134 cm³/mol. The van der Waals surface area contributed by atoms with Crippen LogP contribution in [0.1, 0.15) is 21.6 Å². The molecule has 0 radical (unpaired) electrons. The fourth-order valence-electron chi connectivity index (χ4n) is 3.65. The Morgan fingerprint density at radius 2 is 1.64 bits per heavy atom. The summed E-state index contributed by atoms with van der Waals surface area (Å²) in [5.74, 6) is -0.345. The van der Waals surface area contributed by atoms with Crippen LogP contribution in [0.3, 0.4) is 0 Å². The van der Waals surface area contributed by atoms with E-state index in [9.17, 15) is 9.59 Å². The molecule has 8 nitrogen and oxygen atoms in total. The molecule has 2 aromatic carbocycles. The van der Waals surface area contributed by atoms with Crippen LogP contribution in [0.25, 0.3) is 23.1 Å². The molecule has 1 aliphatic heterocycles. The minimum Gasteiger partial charge on any atom is -0.394 e. The van der Waals surface area contributed by atoms with Crippen LogP contribution in [-0.4, -0.2) is 75.7 Å². The van der Waals surface area contributed by atoms with Crippen molar-refractivity contribution in [3.63, 3.8) is 0 Å². The highest BCUT2D eigenvalue weighted by molar-refractivity contribution is 5.95. The van der Waals surface area contributed by atoms with E-state index in [4.69, 9.17) is 10.8 Å². The van der Waals surface area contributed by atoms with Crippen LogP contribution in [0, 0.1) is 0 Å². The number of para-hydroxylation sites is 1. The van der Waals surface area contributed by atoms with E-state index in [1.54, 1.807) is 9.80 Å². The molecular weight excluding hydrogens is 465 g/mol. The van der Waals surface area contributed by atoms with Gasteiger partial charge in [0.05, 0.1) is 17.8 Å². The summed E-state index contributed by atoms with van der Waals surface area (Å²) in [7, 11) is 0. The minimum absolute atomic E-state index is 0. The highest BCUT2D eigenvalue weighted by atomic mass is 35.5. The zero-order chi connectivity index (χ0) is 21.8. The SMILES string of the molecule is Cl.Cl.N[C@@H](CO)C(=O)N1CCN(C(=O)c2ccc(/C=C/c3n[nH]c4ccccc34)cc2)CC1. The van der Waals surface area contributed by atoms with E-state index in [2.05, 4.69) is 10.2 Å². The van der Waals surface area contributed by atoms with Gasteiger partial charge < -0.3 is 20.6 Å². The first-order chi connectivity index (χ1) is 15.1. The van der Waals surface area contributed by atoms with Gasteiger partial charge in [-0.2, -0.15) is 5.10 Å². The molecule has 33 heavy (non-hydrogen) atoms. The van der Waals surface area contributed by atoms with Crippen LogP contribution in [0.5, 0.6) is 0 Å². The van der Waals surface area contributed by atoms with Gasteiger partial charge in [-0.1, -0.05) is 36.4 Å². The highest BCUT2D eigenvalue weighted by Gasteiger charge is 2.27. The number of hydrogen-bond acceptors (Lipinski definition) is 5. The van der Waals surface area contributed by atoms with Crippen molar-refractivity contribution < 1.29 is 14.7 Å². The number of H-pyrrole nitrogens is 1. The molecule has 10 heteroatoms. The third-order valence-electron chi connectivity index (χ3n) is 5.48. The van der Waals surface area contributed by atoms with E-state index in [1.165, 1.54) is 0 Å². The molecule has 0 spiro atoms. The Labute approximate surface area is 204 Å². The number of amides is 2. The number of aliphatic hydroxyl groups is 1. The van der Waals surface area contributed by atoms with Crippen molar-refractivity contribution in [2.24, 2.45) is 5.73 Å². The van der Waals surface area contributed by atoms with Gasteiger partial charge in [0.25, 0.3) is 5.91 Å². The smallest absolute Gasteiger partial charge is 0.253 e. The maximum atomic E-state index is 12.8. The van der Waals surface area contributed by atoms with E-state index in [1.807, 2.05) is 60.7 Å². The summed E-state index contributed by atoms with van der Waals surface area (Å²) in [6.45, 7) is 1.33. The number of nitrogens with zero attached hydrogens (tertiary/aromatic N) is 3. The van der Waals surface area contributed by atoms with E-state index < -0.39 is 6.04 Å². The van der Waals surface area contributed by atoms with E-state index in [-0.39, 0.29) is 43.2 Å². The number of aromatic nitrogens is 2. The lowest BCUT2D eigenvalue weighted by molar-refractivity contribution is -0.134. The first-order valence-electron chi connectivity index (χ1n) is 10.2. The monoisotopic (exact) mass is 491 g/mol. The van der Waals surface area contributed by atoms with Crippen LogP contribution < -0.4 is 5.73 Å². The summed E-state index contributed by atoms with van der Waals surface area (Å²) in [5.41, 5.74) is 9.03. The van der Waals surface area contributed by atoms with Crippen LogP contribution in [0.15, 0.2) is 48.5 Å². The zero-order valence-corrected chi connectivity index (χ0v) is 19.5. The largest absolute Gasteiger partial charge is 0.394 e. The molecule has 1 aliphatic rings. The van der Waals surface area contributed by atoms with Gasteiger partial charge in [0, 0.05) is 37.1 Å². The third kappa shape index (κ3) is 5.91. The van der Waals surface area contributed by atoms with Gasteiger partial charge in [-0.15, -0.1) is 24.8 Å². The van der Waals surface area contributed by atoms with Crippen LogP contribution in [0.2, 0.25) is 0 Å². The third-order valence-corrected chi connectivity index (χ3v) is 5.48. The number of benzene rings is 2. The number of nitrogens with two attached hydrogens (primary N) is 1.